The van der Waals surface area contributed by atoms with Gasteiger partial charge in [0.05, 0.1) is 0 Å². The van der Waals surface area contributed by atoms with E-state index in [9.17, 15) is 4.57 Å². The minimum atomic E-state index is -0.612. The maximum absolute atomic E-state index is 9.55. The fourth-order valence-electron chi connectivity index (χ4n) is 0.0962. The molecule has 0 aromatic carbocycles. The predicted molar refractivity (Wildman–Crippen MR) is 26.3 cm³/mol. The molecule has 0 radical (unpaired) electrons. The quantitative estimate of drug-likeness (QED) is 0.335. The van der Waals surface area contributed by atoms with Gasteiger partial charge in [-0.2, -0.15) is 0 Å². The molecule has 2 nitrogen and oxygen atoms in total. The van der Waals surface area contributed by atoms with Crippen LogP contribution in [0.15, 0.2) is 0 Å². The van der Waals surface area contributed by atoms with Crippen molar-refractivity contribution in [2.24, 2.45) is 0 Å². The van der Waals surface area contributed by atoms with Gasteiger partial charge in [-0.25, -0.2) is 0 Å². The summed E-state index contributed by atoms with van der Waals surface area (Å²) in [6, 6.07) is 0. The Hall–Kier alpha value is 1.06. The van der Waals surface area contributed by atoms with Crippen molar-refractivity contribution in [3.8, 4) is 0 Å². The van der Waals surface area contributed by atoms with Crippen LogP contribution in [0.5, 0.6) is 0 Å². The van der Waals surface area contributed by atoms with E-state index in [1.54, 1.807) is 0 Å². The monoisotopic (exact) mass is 131 g/mol. The molecule has 0 aliphatic rings. The molecule has 0 spiro atoms. The molecule has 4 heteroatoms. The summed E-state index contributed by atoms with van der Waals surface area (Å²) in [5, 5.41) is 0. The molecule has 0 aliphatic carbocycles. The van der Waals surface area contributed by atoms with Gasteiger partial charge in [-0.05, 0) is 18.4 Å². The van der Waals surface area contributed by atoms with E-state index < -0.39 is 8.69 Å². The summed E-state index contributed by atoms with van der Waals surface area (Å²) in [5.41, 5.74) is 0. The minimum Gasteiger partial charge on any atom is -1.00 e. The van der Waals surface area contributed by atoms with Gasteiger partial charge in [0.2, 0.25) is 0 Å². The van der Waals surface area contributed by atoms with Crippen LogP contribution in [0, 0.1) is 0 Å². The van der Waals surface area contributed by atoms with E-state index >= 15 is 0 Å². The Morgan fingerprint density at radius 2 is 2.14 bits per heavy atom. The molecule has 1 unspecified atom stereocenters. The third-order valence-corrected chi connectivity index (χ3v) is 0.851. The molecule has 0 aromatic heterocycles. The zero-order valence-electron chi connectivity index (χ0n) is 5.89. The number of hydrogen-bond acceptors (Lipinski definition) is 2. The molecule has 7 heavy (non-hydrogen) atoms. The zero-order chi connectivity index (χ0) is 4.99. The molecule has 0 heterocycles. The van der Waals surface area contributed by atoms with E-state index in [4.69, 9.17) is 0 Å². The first kappa shape index (κ1) is 10.9. The Morgan fingerprint density at radius 3 is 2.14 bits per heavy atom. The second-order valence-corrected chi connectivity index (χ2v) is 1.65. The summed E-state index contributed by atoms with van der Waals surface area (Å²) in [5.74, 6) is 0. The molecule has 38 valence electrons. The summed E-state index contributed by atoms with van der Waals surface area (Å²) < 4.78 is 14.1. The van der Waals surface area contributed by atoms with Crippen LogP contribution in [-0.2, 0) is 9.09 Å². The second kappa shape index (κ2) is 7.06. The molecule has 0 N–H and O–H groups in total. The molecule has 1 atom stereocenters. The van der Waals surface area contributed by atoms with Crippen LogP contribution in [0.25, 0.3) is 0 Å². The number of hydrogen-bond donors (Lipinski definition) is 0. The minimum absolute atomic E-state index is 0. The van der Waals surface area contributed by atoms with Gasteiger partial charge in [-0.15, -0.1) is 4.52 Å². The third-order valence-electron chi connectivity index (χ3n) is 0.284. The van der Waals surface area contributed by atoms with Gasteiger partial charge in [0, 0.05) is 0 Å². The molecule has 0 bridgehead atoms. The van der Waals surface area contributed by atoms with Gasteiger partial charge in [-0.3, -0.25) is 0 Å². The van der Waals surface area contributed by atoms with Gasteiger partial charge in [-0.1, -0.05) is 0 Å². The zero-order valence-corrected chi connectivity index (χ0v) is 7.89. The van der Waals surface area contributed by atoms with E-state index in [0.29, 0.717) is 0 Å². The molecule has 0 rings (SSSR count). The Labute approximate surface area is 68.7 Å². The van der Waals surface area contributed by atoms with Crippen LogP contribution in [-0.4, -0.2) is 6.10 Å². The van der Waals surface area contributed by atoms with Crippen molar-refractivity contribution in [3.05, 3.63) is 0 Å². The summed E-state index contributed by atoms with van der Waals surface area (Å²) in [6.45, 7) is 3.68. The van der Waals surface area contributed by atoms with Crippen molar-refractivity contribution in [2.45, 2.75) is 20.0 Å². The van der Waals surface area contributed by atoms with E-state index in [0.717, 1.165) is 0 Å². The van der Waals surface area contributed by atoms with Crippen molar-refractivity contribution in [1.82, 2.24) is 0 Å². The van der Waals surface area contributed by atoms with Crippen LogP contribution < -0.4 is 29.6 Å². The van der Waals surface area contributed by atoms with Gasteiger partial charge in [0.1, 0.15) is 6.10 Å². The summed E-state index contributed by atoms with van der Waals surface area (Å²) in [4.78, 5) is 0. The van der Waals surface area contributed by atoms with Crippen molar-refractivity contribution in [3.63, 3.8) is 0 Å². The van der Waals surface area contributed by atoms with Crippen LogP contribution >= 0.6 is 8.69 Å². The van der Waals surface area contributed by atoms with E-state index in [1.165, 1.54) is 0 Å². The SMILES string of the molecule is CC(C)O[PH+]=O.[H-].[Na+]. The Bertz CT molecular complexity index is 52.5. The fourth-order valence-corrected chi connectivity index (χ4v) is 0.289. The molecule has 0 saturated carbocycles. The molecule has 0 aliphatic heterocycles. The maximum Gasteiger partial charge on any atom is 1.00 e. The molecule has 0 aromatic rings. The molecule has 0 fully saturated rings. The Kier molecular flexibility index (Phi) is 11.0. The first-order chi connectivity index (χ1) is 2.77. The Morgan fingerprint density at radius 1 is 1.71 bits per heavy atom. The Balaban J connectivity index is -0.000000125. The van der Waals surface area contributed by atoms with Gasteiger partial charge in [0.15, 0.2) is 0 Å². The first-order valence-electron chi connectivity index (χ1n) is 1.80. The van der Waals surface area contributed by atoms with Crippen molar-refractivity contribution < 1.29 is 40.1 Å². The normalized spacial score (nSPS) is 9.00. The predicted octanol–water partition coefficient (Wildman–Crippen LogP) is -1.53. The number of rotatable bonds is 2. The molecule has 0 saturated heterocycles. The summed E-state index contributed by atoms with van der Waals surface area (Å²) in [6.07, 6.45) is 0.0980. The van der Waals surface area contributed by atoms with Crippen molar-refractivity contribution >= 4 is 8.69 Å². The van der Waals surface area contributed by atoms with Gasteiger partial charge >= 0.3 is 38.2 Å². The van der Waals surface area contributed by atoms with Crippen LogP contribution in [0.2, 0.25) is 0 Å². The van der Waals surface area contributed by atoms with Crippen LogP contribution in [0.3, 0.4) is 0 Å². The topological polar surface area (TPSA) is 26.3 Å². The van der Waals surface area contributed by atoms with E-state index in [2.05, 4.69) is 4.52 Å². The van der Waals surface area contributed by atoms with Gasteiger partial charge in [0.25, 0.3) is 0 Å². The summed E-state index contributed by atoms with van der Waals surface area (Å²) >= 11 is 0. The second-order valence-electron chi connectivity index (χ2n) is 1.25. The molecular formula is C3H9NaO2P+. The standard InChI is InChI=1S/C3H8O2P.Na.H/c1-3(2)5-6-4;;/h3,6H,1-2H3;;/q2*+1;-1. The van der Waals surface area contributed by atoms with Crippen LogP contribution in [0.1, 0.15) is 15.3 Å². The molecule has 0 amide bonds. The fraction of sp³-hybridized carbons (Fsp3) is 1.00. The third kappa shape index (κ3) is 11.0. The first-order valence-corrected chi connectivity index (χ1v) is 2.62. The largest absolute Gasteiger partial charge is 1.00 e. The van der Waals surface area contributed by atoms with E-state index in [1.807, 2.05) is 13.8 Å². The van der Waals surface area contributed by atoms with Gasteiger partial charge < -0.3 is 1.43 Å². The average molecular weight is 131 g/mol. The maximum atomic E-state index is 9.55. The van der Waals surface area contributed by atoms with Crippen molar-refractivity contribution in [1.29, 1.82) is 0 Å². The van der Waals surface area contributed by atoms with Crippen LogP contribution in [0.4, 0.5) is 0 Å². The van der Waals surface area contributed by atoms with Crippen molar-refractivity contribution in [2.75, 3.05) is 0 Å². The van der Waals surface area contributed by atoms with E-state index in [-0.39, 0.29) is 37.1 Å². The smallest absolute Gasteiger partial charge is 1.00 e. The average Bonchev–Trinajstić information content (AvgIpc) is 1.35. The summed E-state index contributed by atoms with van der Waals surface area (Å²) in [7, 11) is -0.612. The molecular weight excluding hydrogens is 122 g/mol.